The summed E-state index contributed by atoms with van der Waals surface area (Å²) >= 11 is 0. The summed E-state index contributed by atoms with van der Waals surface area (Å²) < 4.78 is 19.8. The van der Waals surface area contributed by atoms with Gasteiger partial charge in [-0.2, -0.15) is 0 Å². The molecule has 0 spiro atoms. The maximum atomic E-state index is 15.2. The Hall–Kier alpha value is -4.39. The second kappa shape index (κ2) is 7.56. The number of aromatic nitrogens is 3. The number of nitrogens with one attached hydrogen (secondary N) is 1. The smallest absolute Gasteiger partial charge is 0.331 e. The minimum Gasteiger partial charge on any atom is -0.371 e. The molecule has 0 aliphatic carbocycles. The maximum Gasteiger partial charge on any atom is 0.331 e. The number of nitrogens with zero attached hydrogens (tertiary/aromatic N) is 3. The summed E-state index contributed by atoms with van der Waals surface area (Å²) in [5.41, 5.74) is 5.01. The van der Waals surface area contributed by atoms with Gasteiger partial charge < -0.3 is 9.88 Å². The van der Waals surface area contributed by atoms with Gasteiger partial charge in [0.1, 0.15) is 5.82 Å². The molecule has 1 unspecified atom stereocenters. The highest BCUT2D eigenvalue weighted by Crippen LogP contribution is 2.45. The fourth-order valence-corrected chi connectivity index (χ4v) is 5.15. The lowest BCUT2D eigenvalue weighted by Crippen LogP contribution is -2.37. The minimum atomic E-state index is -0.620. The molecule has 35 heavy (non-hydrogen) atoms. The lowest BCUT2D eigenvalue weighted by Gasteiger charge is -2.31. The van der Waals surface area contributed by atoms with E-state index in [-0.39, 0.29) is 11.4 Å². The van der Waals surface area contributed by atoms with Gasteiger partial charge in [-0.05, 0) is 30.7 Å². The zero-order valence-electron chi connectivity index (χ0n) is 19.5. The first-order valence-corrected chi connectivity index (χ1v) is 11.4. The van der Waals surface area contributed by atoms with E-state index >= 15 is 4.39 Å². The number of hydrogen-bond donors (Lipinski definition) is 1. The van der Waals surface area contributed by atoms with Crippen molar-refractivity contribution in [3.8, 4) is 16.9 Å². The van der Waals surface area contributed by atoms with Crippen LogP contribution in [0.2, 0.25) is 0 Å². The zero-order chi connectivity index (χ0) is 24.4. The van der Waals surface area contributed by atoms with Crippen molar-refractivity contribution < 1.29 is 4.39 Å². The molecule has 6 rings (SSSR count). The molecule has 0 saturated heterocycles. The van der Waals surface area contributed by atoms with E-state index in [2.05, 4.69) is 5.32 Å². The molecule has 174 valence electrons. The first-order valence-electron chi connectivity index (χ1n) is 11.4. The highest BCUT2D eigenvalue weighted by atomic mass is 19.1. The van der Waals surface area contributed by atoms with E-state index in [0.29, 0.717) is 27.9 Å². The molecule has 0 radical (unpaired) electrons. The molecule has 0 bridgehead atoms. The number of halogens is 1. The second-order valence-corrected chi connectivity index (χ2v) is 8.98. The highest BCUT2D eigenvalue weighted by Gasteiger charge is 2.35. The van der Waals surface area contributed by atoms with Crippen molar-refractivity contribution in [1.82, 2.24) is 13.7 Å². The van der Waals surface area contributed by atoms with Gasteiger partial charge in [-0.15, -0.1) is 0 Å². The first kappa shape index (κ1) is 21.2. The molecule has 1 aliphatic heterocycles. The minimum absolute atomic E-state index is 0.365. The maximum absolute atomic E-state index is 15.2. The summed E-state index contributed by atoms with van der Waals surface area (Å²) in [6, 6.07) is 21.7. The number of aryl methyl sites for hydroxylation is 2. The van der Waals surface area contributed by atoms with E-state index in [1.165, 1.54) is 17.7 Å². The van der Waals surface area contributed by atoms with Gasteiger partial charge in [0.05, 0.1) is 39.7 Å². The van der Waals surface area contributed by atoms with Gasteiger partial charge >= 0.3 is 5.69 Å². The Kier molecular flexibility index (Phi) is 4.57. The number of para-hydroxylation sites is 2. The molecule has 3 aromatic carbocycles. The van der Waals surface area contributed by atoms with Crippen molar-refractivity contribution in [3.05, 3.63) is 116 Å². The van der Waals surface area contributed by atoms with Gasteiger partial charge in [0.25, 0.3) is 5.56 Å². The predicted molar refractivity (Wildman–Crippen MR) is 136 cm³/mol. The van der Waals surface area contributed by atoms with Crippen LogP contribution in [-0.4, -0.2) is 13.7 Å². The Bertz CT molecular complexity index is 1760. The Morgan fingerprint density at radius 2 is 1.54 bits per heavy atom. The molecule has 0 saturated carbocycles. The van der Waals surface area contributed by atoms with Crippen LogP contribution in [0.15, 0.2) is 82.4 Å². The van der Waals surface area contributed by atoms with Crippen LogP contribution >= 0.6 is 0 Å². The lowest BCUT2D eigenvalue weighted by molar-refractivity contribution is 0.599. The molecule has 7 heteroatoms. The molecule has 1 N–H and O–H groups in total. The van der Waals surface area contributed by atoms with Crippen molar-refractivity contribution in [2.45, 2.75) is 13.0 Å². The van der Waals surface area contributed by atoms with E-state index in [0.717, 1.165) is 27.1 Å². The van der Waals surface area contributed by atoms with Gasteiger partial charge in [-0.25, -0.2) is 9.18 Å². The highest BCUT2D eigenvalue weighted by molar-refractivity contribution is 5.99. The summed E-state index contributed by atoms with van der Waals surface area (Å²) in [5, 5.41) is 3.90. The third kappa shape index (κ3) is 2.94. The number of fused-ring (bicyclic) bond motifs is 5. The Morgan fingerprint density at radius 1 is 0.857 bits per heavy atom. The average molecular weight is 467 g/mol. The number of rotatable bonds is 2. The molecule has 3 heterocycles. The summed E-state index contributed by atoms with van der Waals surface area (Å²) in [7, 11) is 3.14. The van der Waals surface area contributed by atoms with Crippen LogP contribution in [0, 0.1) is 12.7 Å². The fraction of sp³-hybridized carbons (Fsp3) is 0.143. The van der Waals surface area contributed by atoms with Gasteiger partial charge in [0, 0.05) is 19.7 Å². The molecule has 1 aliphatic rings. The van der Waals surface area contributed by atoms with Crippen LogP contribution in [0.4, 0.5) is 10.1 Å². The second-order valence-electron chi connectivity index (χ2n) is 8.98. The lowest BCUT2D eigenvalue weighted by atomic mass is 9.99. The van der Waals surface area contributed by atoms with E-state index in [9.17, 15) is 9.59 Å². The first-order chi connectivity index (χ1) is 16.9. The van der Waals surface area contributed by atoms with E-state index in [1.807, 2.05) is 60.0 Å². The normalized spacial score (nSPS) is 14.5. The molecule has 2 aromatic heterocycles. The van der Waals surface area contributed by atoms with E-state index < -0.39 is 11.7 Å². The van der Waals surface area contributed by atoms with E-state index in [4.69, 9.17) is 0 Å². The Balaban J connectivity index is 1.88. The fourth-order valence-electron chi connectivity index (χ4n) is 5.15. The van der Waals surface area contributed by atoms with Crippen LogP contribution in [0.5, 0.6) is 0 Å². The van der Waals surface area contributed by atoms with Gasteiger partial charge in [-0.3, -0.25) is 13.9 Å². The quantitative estimate of drug-likeness (QED) is 0.412. The Labute approximate surface area is 200 Å². The largest absolute Gasteiger partial charge is 0.371 e. The predicted octanol–water partition coefficient (Wildman–Crippen LogP) is 4.66. The molecule has 6 nitrogen and oxygen atoms in total. The third-order valence-corrected chi connectivity index (χ3v) is 6.87. The van der Waals surface area contributed by atoms with Crippen LogP contribution in [0.25, 0.3) is 27.8 Å². The van der Waals surface area contributed by atoms with Crippen LogP contribution in [-0.2, 0) is 14.1 Å². The van der Waals surface area contributed by atoms with Crippen LogP contribution < -0.4 is 16.6 Å². The number of benzene rings is 3. The number of anilines is 1. The van der Waals surface area contributed by atoms with E-state index in [1.54, 1.807) is 25.2 Å². The molecule has 0 fully saturated rings. The summed E-state index contributed by atoms with van der Waals surface area (Å²) in [4.78, 5) is 26.7. The van der Waals surface area contributed by atoms with Crippen LogP contribution in [0.3, 0.4) is 0 Å². The summed E-state index contributed by atoms with van der Waals surface area (Å²) in [6.07, 6.45) is 0. The molecular weight excluding hydrogens is 443 g/mol. The van der Waals surface area contributed by atoms with Crippen molar-refractivity contribution >= 4 is 16.6 Å². The van der Waals surface area contributed by atoms with Gasteiger partial charge in [0.15, 0.2) is 0 Å². The molecule has 0 amide bonds. The van der Waals surface area contributed by atoms with Crippen LogP contribution in [0.1, 0.15) is 22.9 Å². The molecular formula is C28H23FN4O2. The van der Waals surface area contributed by atoms with Crippen molar-refractivity contribution in [1.29, 1.82) is 0 Å². The monoisotopic (exact) mass is 466 g/mol. The van der Waals surface area contributed by atoms with Gasteiger partial charge in [-0.1, -0.05) is 60.2 Å². The average Bonchev–Trinajstić information content (AvgIpc) is 3.23. The number of hydrogen-bond acceptors (Lipinski definition) is 3. The summed E-state index contributed by atoms with van der Waals surface area (Å²) in [6.45, 7) is 2.01. The van der Waals surface area contributed by atoms with Crippen molar-refractivity contribution in [3.63, 3.8) is 0 Å². The summed E-state index contributed by atoms with van der Waals surface area (Å²) in [5.74, 6) is -0.365. The topological polar surface area (TPSA) is 61.0 Å². The molecule has 5 aromatic rings. The third-order valence-electron chi connectivity index (χ3n) is 6.87. The van der Waals surface area contributed by atoms with Gasteiger partial charge in [0.2, 0.25) is 0 Å². The Morgan fingerprint density at radius 3 is 2.29 bits per heavy atom. The standard InChI is InChI=1S/C28H23FN4O2/c1-16-12-14-17(15-13-16)24-22-25(31(2)28(35)32(3)27(22)34)26-23(18-8-4-5-9-19(18)29)30-20-10-6-7-11-21(20)33(24)26/h4-15,23,30H,1-3H3. The zero-order valence-corrected chi connectivity index (χ0v) is 19.5. The SMILES string of the molecule is Cc1ccc(-c2c3c(=O)n(C)c(=O)n(C)c3c3n2-c2ccccc2NC3c2ccccc2F)cc1. The molecule has 1 atom stereocenters. The van der Waals surface area contributed by atoms with Crippen molar-refractivity contribution in [2.24, 2.45) is 14.1 Å². The van der Waals surface area contributed by atoms with Crippen molar-refractivity contribution in [2.75, 3.05) is 5.32 Å².